The number of carbonyl (C=O) groups is 1. The van der Waals surface area contributed by atoms with Crippen LogP contribution in [-0.2, 0) is 19.4 Å². The fourth-order valence-electron chi connectivity index (χ4n) is 5.38. The smallest absolute Gasteiger partial charge is 0.264 e. The zero-order valence-electron chi connectivity index (χ0n) is 21.0. The van der Waals surface area contributed by atoms with E-state index in [-0.39, 0.29) is 11.9 Å². The first-order valence-corrected chi connectivity index (χ1v) is 13.5. The van der Waals surface area contributed by atoms with Crippen molar-refractivity contribution in [2.24, 2.45) is 0 Å². The summed E-state index contributed by atoms with van der Waals surface area (Å²) in [5.41, 5.74) is 7.60. The first-order valence-electron chi connectivity index (χ1n) is 12.6. The molecule has 1 amide bonds. The number of ether oxygens (including phenoxy) is 2. The molecule has 6 heteroatoms. The number of carbonyl (C=O) groups excluding carboxylic acids is 1. The molecule has 2 aromatic carbocycles. The van der Waals surface area contributed by atoms with Crippen molar-refractivity contribution < 1.29 is 14.3 Å². The average molecular weight is 499 g/mol. The third-order valence-corrected chi connectivity index (χ3v) is 8.42. The van der Waals surface area contributed by atoms with Crippen molar-refractivity contribution in [1.29, 1.82) is 0 Å². The van der Waals surface area contributed by atoms with Crippen molar-refractivity contribution in [1.82, 2.24) is 9.88 Å². The van der Waals surface area contributed by atoms with Crippen LogP contribution in [0.2, 0.25) is 0 Å². The van der Waals surface area contributed by atoms with Crippen molar-refractivity contribution in [2.45, 2.75) is 51.6 Å². The lowest BCUT2D eigenvalue weighted by molar-refractivity contribution is 0.0734. The second-order valence-electron chi connectivity index (χ2n) is 9.80. The molecule has 1 saturated carbocycles. The number of thiophene rings is 1. The predicted octanol–water partition coefficient (Wildman–Crippen LogP) is 6.58. The van der Waals surface area contributed by atoms with Crippen LogP contribution in [0.5, 0.6) is 11.5 Å². The summed E-state index contributed by atoms with van der Waals surface area (Å²) in [6, 6.07) is 15.0. The van der Waals surface area contributed by atoms with Crippen LogP contribution in [0.25, 0.3) is 22.2 Å². The van der Waals surface area contributed by atoms with Gasteiger partial charge in [0.2, 0.25) is 0 Å². The summed E-state index contributed by atoms with van der Waals surface area (Å²) in [4.78, 5) is 21.8. The van der Waals surface area contributed by atoms with Crippen molar-refractivity contribution in [2.75, 3.05) is 14.2 Å². The highest BCUT2D eigenvalue weighted by Crippen LogP contribution is 2.41. The summed E-state index contributed by atoms with van der Waals surface area (Å²) in [7, 11) is 3.31. The molecule has 0 atom stereocenters. The average Bonchev–Trinajstić information content (AvgIpc) is 3.48. The molecular weight excluding hydrogens is 468 g/mol. The van der Waals surface area contributed by atoms with Crippen LogP contribution < -0.4 is 9.47 Å². The molecule has 1 fully saturated rings. The van der Waals surface area contributed by atoms with E-state index in [0.29, 0.717) is 18.0 Å². The van der Waals surface area contributed by atoms with E-state index in [2.05, 4.69) is 18.2 Å². The third kappa shape index (κ3) is 4.03. The SMILES string of the molecule is COc1cccc(-c2nc3cc4c(cc3cc2CN(C(=O)c2sccc2C)C2CC2)CCC4)c1OC. The van der Waals surface area contributed by atoms with E-state index < -0.39 is 0 Å². The summed E-state index contributed by atoms with van der Waals surface area (Å²) in [5.74, 6) is 1.44. The molecule has 184 valence electrons. The van der Waals surface area contributed by atoms with Gasteiger partial charge in [0, 0.05) is 23.5 Å². The molecule has 0 unspecified atom stereocenters. The molecular formula is C30H30N2O3S. The van der Waals surface area contributed by atoms with Crippen molar-refractivity contribution in [3.05, 3.63) is 75.0 Å². The minimum Gasteiger partial charge on any atom is -0.493 e. The van der Waals surface area contributed by atoms with Gasteiger partial charge in [-0.15, -0.1) is 11.3 Å². The van der Waals surface area contributed by atoms with E-state index in [9.17, 15) is 4.79 Å². The number of nitrogens with zero attached hydrogens (tertiary/aromatic N) is 2. The molecule has 0 saturated heterocycles. The Morgan fingerprint density at radius 1 is 1.08 bits per heavy atom. The number of rotatable bonds is 7. The van der Waals surface area contributed by atoms with Crippen LogP contribution in [-0.4, -0.2) is 36.1 Å². The molecule has 5 nitrogen and oxygen atoms in total. The van der Waals surface area contributed by atoms with Gasteiger partial charge < -0.3 is 14.4 Å². The Morgan fingerprint density at radius 2 is 1.89 bits per heavy atom. The van der Waals surface area contributed by atoms with Crippen molar-refractivity contribution in [3.63, 3.8) is 0 Å². The number of aryl methyl sites for hydroxylation is 3. The Balaban J connectivity index is 1.52. The largest absolute Gasteiger partial charge is 0.493 e. The Morgan fingerprint density at radius 3 is 2.58 bits per heavy atom. The molecule has 0 aliphatic heterocycles. The van der Waals surface area contributed by atoms with E-state index in [1.54, 1.807) is 14.2 Å². The molecule has 2 aromatic heterocycles. The third-order valence-electron chi connectivity index (χ3n) is 7.41. The number of fused-ring (bicyclic) bond motifs is 2. The Labute approximate surface area is 215 Å². The molecule has 36 heavy (non-hydrogen) atoms. The lowest BCUT2D eigenvalue weighted by Gasteiger charge is -2.24. The predicted molar refractivity (Wildman–Crippen MR) is 144 cm³/mol. The molecule has 4 aromatic rings. The van der Waals surface area contributed by atoms with E-state index in [1.807, 2.05) is 41.5 Å². The number of hydrogen-bond donors (Lipinski definition) is 0. The summed E-state index contributed by atoms with van der Waals surface area (Å²) < 4.78 is 11.4. The molecule has 6 rings (SSSR count). The van der Waals surface area contributed by atoms with E-state index in [1.165, 1.54) is 28.9 Å². The molecule has 0 spiro atoms. The first-order chi connectivity index (χ1) is 17.6. The minimum atomic E-state index is 0.114. The number of pyridine rings is 1. The van der Waals surface area contributed by atoms with Gasteiger partial charge in [-0.3, -0.25) is 4.79 Å². The normalized spacial score (nSPS) is 14.6. The van der Waals surface area contributed by atoms with E-state index >= 15 is 0 Å². The molecule has 0 N–H and O–H groups in total. The highest BCUT2D eigenvalue weighted by atomic mass is 32.1. The van der Waals surface area contributed by atoms with Crippen molar-refractivity contribution >= 4 is 28.1 Å². The molecule has 0 radical (unpaired) electrons. The van der Waals surface area contributed by atoms with Gasteiger partial charge in [0.1, 0.15) is 0 Å². The Bertz CT molecular complexity index is 1470. The number of aromatic nitrogens is 1. The second kappa shape index (κ2) is 9.25. The number of para-hydroxylation sites is 1. The van der Waals surface area contributed by atoms with Crippen LogP contribution in [0.15, 0.2) is 47.8 Å². The monoisotopic (exact) mass is 498 g/mol. The van der Waals surface area contributed by atoms with Gasteiger partial charge in [0.25, 0.3) is 5.91 Å². The van der Waals surface area contributed by atoms with Crippen LogP contribution in [0, 0.1) is 6.92 Å². The van der Waals surface area contributed by atoms with Gasteiger partial charge in [-0.1, -0.05) is 6.07 Å². The van der Waals surface area contributed by atoms with Gasteiger partial charge in [-0.25, -0.2) is 4.98 Å². The quantitative estimate of drug-likeness (QED) is 0.289. The summed E-state index contributed by atoms with van der Waals surface area (Å²) >= 11 is 1.53. The summed E-state index contributed by atoms with van der Waals surface area (Å²) in [5, 5.41) is 3.13. The number of hydrogen-bond acceptors (Lipinski definition) is 5. The lowest BCUT2D eigenvalue weighted by Crippen LogP contribution is -2.32. The van der Waals surface area contributed by atoms with Crippen LogP contribution >= 0.6 is 11.3 Å². The maximum Gasteiger partial charge on any atom is 0.264 e. The van der Waals surface area contributed by atoms with Gasteiger partial charge in [0.15, 0.2) is 11.5 Å². The highest BCUT2D eigenvalue weighted by molar-refractivity contribution is 7.12. The number of amides is 1. The fourth-order valence-corrected chi connectivity index (χ4v) is 6.26. The van der Waals surface area contributed by atoms with Gasteiger partial charge in [-0.05, 0) is 103 Å². The molecule has 0 bridgehead atoms. The van der Waals surface area contributed by atoms with Crippen LogP contribution in [0.1, 0.15) is 51.2 Å². The maximum atomic E-state index is 13.7. The van der Waals surface area contributed by atoms with Crippen LogP contribution in [0.4, 0.5) is 0 Å². The number of benzene rings is 2. The van der Waals surface area contributed by atoms with Gasteiger partial charge >= 0.3 is 0 Å². The molecule has 2 aliphatic carbocycles. The first kappa shape index (κ1) is 23.0. The van der Waals surface area contributed by atoms with E-state index in [0.717, 1.165) is 63.8 Å². The van der Waals surface area contributed by atoms with E-state index in [4.69, 9.17) is 14.5 Å². The highest BCUT2D eigenvalue weighted by Gasteiger charge is 2.35. The maximum absolute atomic E-state index is 13.7. The molecule has 2 aliphatic rings. The van der Waals surface area contributed by atoms with Crippen LogP contribution in [0.3, 0.4) is 0 Å². The lowest BCUT2D eigenvalue weighted by atomic mass is 9.99. The fraction of sp³-hybridized carbons (Fsp3) is 0.333. The topological polar surface area (TPSA) is 51.7 Å². The summed E-state index contributed by atoms with van der Waals surface area (Å²) in [6.45, 7) is 2.52. The van der Waals surface area contributed by atoms with Crippen molar-refractivity contribution in [3.8, 4) is 22.8 Å². The Hall–Kier alpha value is -3.38. The summed E-state index contributed by atoms with van der Waals surface area (Å²) in [6.07, 6.45) is 5.51. The standard InChI is InChI=1S/C30H30N2O3S/c1-18-12-13-36-29(18)30(33)32(23-10-11-23)17-22-15-21-14-19-6-4-7-20(19)16-25(21)31-27(22)24-8-5-9-26(34-2)28(24)35-3/h5,8-9,12-16,23H,4,6-7,10-11,17H2,1-3H3. The zero-order valence-corrected chi connectivity index (χ0v) is 21.8. The van der Waals surface area contributed by atoms with Gasteiger partial charge in [0.05, 0.1) is 30.3 Å². The zero-order chi connectivity index (χ0) is 24.8. The second-order valence-corrected chi connectivity index (χ2v) is 10.7. The molecule has 2 heterocycles. The minimum absolute atomic E-state index is 0.114. The van der Waals surface area contributed by atoms with Gasteiger partial charge in [-0.2, -0.15) is 0 Å². The number of methoxy groups -OCH3 is 2. The Kier molecular flexibility index (Phi) is 5.92.